The van der Waals surface area contributed by atoms with E-state index < -0.39 is 17.3 Å². The first-order valence-electron chi connectivity index (χ1n) is 5.61. The fraction of sp³-hybridized carbons (Fsp3) is 0.357. The second kappa shape index (κ2) is 6.21. The quantitative estimate of drug-likeness (QED) is 0.646. The number of methoxy groups -OCH3 is 2. The standard InChI is InChI=1S/C14H16FNO3/c1-5-9-16-14(2,13(17)19-4)12-10(15)7-6-8-11(12)18-3/h1,6-8,16H,9H2,2-4H3. The van der Waals surface area contributed by atoms with Crippen LogP contribution in [0.3, 0.4) is 0 Å². The molecule has 0 fully saturated rings. The molecule has 0 radical (unpaired) electrons. The zero-order valence-corrected chi connectivity index (χ0v) is 11.1. The summed E-state index contributed by atoms with van der Waals surface area (Å²) in [4.78, 5) is 12.0. The minimum absolute atomic E-state index is 0.0691. The molecule has 0 heterocycles. The summed E-state index contributed by atoms with van der Waals surface area (Å²) in [5.74, 6) is 1.37. The van der Waals surface area contributed by atoms with Gasteiger partial charge in [0.05, 0.1) is 26.3 Å². The van der Waals surface area contributed by atoms with E-state index in [1.54, 1.807) is 6.07 Å². The van der Waals surface area contributed by atoms with Gasteiger partial charge >= 0.3 is 5.97 Å². The van der Waals surface area contributed by atoms with Crippen molar-refractivity contribution in [2.45, 2.75) is 12.5 Å². The van der Waals surface area contributed by atoms with Gasteiger partial charge in [0.15, 0.2) is 0 Å². The van der Waals surface area contributed by atoms with E-state index in [-0.39, 0.29) is 17.9 Å². The molecule has 1 aromatic carbocycles. The summed E-state index contributed by atoms with van der Waals surface area (Å²) in [7, 11) is 2.63. The van der Waals surface area contributed by atoms with Crippen LogP contribution in [0.15, 0.2) is 18.2 Å². The first-order chi connectivity index (χ1) is 9.01. The molecule has 0 aliphatic rings. The molecule has 4 nitrogen and oxygen atoms in total. The van der Waals surface area contributed by atoms with E-state index in [1.807, 2.05) is 0 Å². The van der Waals surface area contributed by atoms with E-state index >= 15 is 0 Å². The number of carbonyl (C=O) groups excluding carboxylic acids is 1. The summed E-state index contributed by atoms with van der Waals surface area (Å²) in [6.07, 6.45) is 5.17. The first kappa shape index (κ1) is 15.0. The molecule has 1 unspecified atom stereocenters. The number of rotatable bonds is 5. The van der Waals surface area contributed by atoms with E-state index in [0.717, 1.165) is 0 Å². The van der Waals surface area contributed by atoms with Gasteiger partial charge in [-0.1, -0.05) is 12.0 Å². The highest BCUT2D eigenvalue weighted by molar-refractivity contribution is 5.83. The van der Waals surface area contributed by atoms with Crippen molar-refractivity contribution >= 4 is 5.97 Å². The van der Waals surface area contributed by atoms with E-state index in [1.165, 1.54) is 33.3 Å². The molecule has 19 heavy (non-hydrogen) atoms. The highest BCUT2D eigenvalue weighted by Crippen LogP contribution is 2.33. The Morgan fingerprint density at radius 2 is 2.21 bits per heavy atom. The van der Waals surface area contributed by atoms with Crippen molar-refractivity contribution in [1.29, 1.82) is 0 Å². The SMILES string of the molecule is C#CCNC(C)(C(=O)OC)c1c(F)cccc1OC. The zero-order chi connectivity index (χ0) is 14.5. The fourth-order valence-corrected chi connectivity index (χ4v) is 1.85. The molecule has 0 spiro atoms. The summed E-state index contributed by atoms with van der Waals surface area (Å²) in [6, 6.07) is 4.31. The third kappa shape index (κ3) is 2.85. The van der Waals surface area contributed by atoms with Crippen LogP contribution in [0.25, 0.3) is 0 Å². The molecule has 0 saturated carbocycles. The Kier molecular flexibility index (Phi) is 4.90. The Hall–Kier alpha value is -2.06. The topological polar surface area (TPSA) is 47.6 Å². The minimum atomic E-state index is -1.42. The number of terminal acetylenes is 1. The van der Waals surface area contributed by atoms with Gasteiger partial charge in [0.2, 0.25) is 0 Å². The van der Waals surface area contributed by atoms with Gasteiger partial charge in [-0.25, -0.2) is 9.18 Å². The second-order valence-electron chi connectivity index (χ2n) is 3.99. The van der Waals surface area contributed by atoms with Crippen LogP contribution in [0, 0.1) is 18.2 Å². The Bertz CT molecular complexity index is 510. The lowest BCUT2D eigenvalue weighted by Crippen LogP contribution is -2.48. The molecule has 0 aliphatic carbocycles. The molecule has 0 saturated heterocycles. The molecular formula is C14H16FNO3. The van der Waals surface area contributed by atoms with Crippen molar-refractivity contribution in [3.8, 4) is 18.1 Å². The lowest BCUT2D eigenvalue weighted by molar-refractivity contribution is -0.148. The number of carbonyl (C=O) groups is 1. The zero-order valence-electron chi connectivity index (χ0n) is 11.1. The minimum Gasteiger partial charge on any atom is -0.496 e. The molecular weight excluding hydrogens is 249 g/mol. The highest BCUT2D eigenvalue weighted by atomic mass is 19.1. The van der Waals surface area contributed by atoms with E-state index in [2.05, 4.69) is 11.2 Å². The highest BCUT2D eigenvalue weighted by Gasteiger charge is 2.40. The molecule has 0 bridgehead atoms. The molecule has 1 aromatic rings. The van der Waals surface area contributed by atoms with Crippen molar-refractivity contribution in [3.63, 3.8) is 0 Å². The molecule has 0 amide bonds. The van der Waals surface area contributed by atoms with E-state index in [4.69, 9.17) is 15.9 Å². The lowest BCUT2D eigenvalue weighted by Gasteiger charge is -2.29. The van der Waals surface area contributed by atoms with Gasteiger partial charge in [0.1, 0.15) is 17.1 Å². The average Bonchev–Trinajstić information content (AvgIpc) is 2.43. The van der Waals surface area contributed by atoms with Gasteiger partial charge in [-0.15, -0.1) is 6.42 Å². The summed E-state index contributed by atoms with van der Waals surface area (Å²) >= 11 is 0. The van der Waals surface area contributed by atoms with Crippen LogP contribution in [-0.4, -0.2) is 26.7 Å². The van der Waals surface area contributed by atoms with Crippen molar-refractivity contribution in [1.82, 2.24) is 5.32 Å². The van der Waals surface area contributed by atoms with E-state index in [9.17, 15) is 9.18 Å². The normalized spacial score (nSPS) is 13.2. The molecule has 0 aromatic heterocycles. The average molecular weight is 265 g/mol. The summed E-state index contributed by atoms with van der Waals surface area (Å²) in [6.45, 7) is 1.58. The van der Waals surface area contributed by atoms with Crippen LogP contribution in [-0.2, 0) is 15.1 Å². The number of hydrogen-bond donors (Lipinski definition) is 1. The Labute approximate surface area is 111 Å². The lowest BCUT2D eigenvalue weighted by atomic mass is 9.90. The van der Waals surface area contributed by atoms with Crippen LogP contribution in [0.4, 0.5) is 4.39 Å². The predicted molar refractivity (Wildman–Crippen MR) is 69.2 cm³/mol. The molecule has 1 rings (SSSR count). The van der Waals surface area contributed by atoms with Crippen LogP contribution in [0.5, 0.6) is 5.75 Å². The van der Waals surface area contributed by atoms with Crippen molar-refractivity contribution in [2.24, 2.45) is 0 Å². The number of hydrogen-bond acceptors (Lipinski definition) is 4. The summed E-state index contributed by atoms with van der Waals surface area (Å²) in [5.41, 5.74) is -1.35. The number of halogens is 1. The van der Waals surface area contributed by atoms with Crippen LogP contribution < -0.4 is 10.1 Å². The third-order valence-electron chi connectivity index (χ3n) is 2.83. The molecule has 1 N–H and O–H groups in total. The Balaban J connectivity index is 3.41. The summed E-state index contributed by atoms with van der Waals surface area (Å²) < 4.78 is 23.9. The monoisotopic (exact) mass is 265 g/mol. The van der Waals surface area contributed by atoms with Crippen LogP contribution in [0.2, 0.25) is 0 Å². The van der Waals surface area contributed by atoms with Gasteiger partial charge in [0.25, 0.3) is 0 Å². The number of nitrogens with one attached hydrogen (secondary N) is 1. The molecule has 102 valence electrons. The van der Waals surface area contributed by atoms with Crippen LogP contribution >= 0.6 is 0 Å². The number of benzene rings is 1. The van der Waals surface area contributed by atoms with Gasteiger partial charge < -0.3 is 9.47 Å². The smallest absolute Gasteiger partial charge is 0.330 e. The maximum absolute atomic E-state index is 14.1. The maximum Gasteiger partial charge on any atom is 0.330 e. The Morgan fingerprint density at radius 3 is 2.74 bits per heavy atom. The third-order valence-corrected chi connectivity index (χ3v) is 2.83. The van der Waals surface area contributed by atoms with Crippen molar-refractivity contribution in [2.75, 3.05) is 20.8 Å². The first-order valence-corrected chi connectivity index (χ1v) is 5.61. The van der Waals surface area contributed by atoms with Crippen molar-refractivity contribution in [3.05, 3.63) is 29.6 Å². The van der Waals surface area contributed by atoms with E-state index in [0.29, 0.717) is 0 Å². The molecule has 0 aliphatic heterocycles. The molecule has 5 heteroatoms. The van der Waals surface area contributed by atoms with Gasteiger partial charge in [-0.2, -0.15) is 0 Å². The van der Waals surface area contributed by atoms with Gasteiger partial charge in [0, 0.05) is 0 Å². The largest absolute Gasteiger partial charge is 0.496 e. The summed E-state index contributed by atoms with van der Waals surface area (Å²) in [5, 5.41) is 2.80. The van der Waals surface area contributed by atoms with Gasteiger partial charge in [-0.3, -0.25) is 5.32 Å². The van der Waals surface area contributed by atoms with Crippen LogP contribution in [0.1, 0.15) is 12.5 Å². The predicted octanol–water partition coefficient (Wildman–Crippen LogP) is 1.45. The molecule has 1 atom stereocenters. The van der Waals surface area contributed by atoms with Gasteiger partial charge in [-0.05, 0) is 19.1 Å². The fourth-order valence-electron chi connectivity index (χ4n) is 1.85. The number of ether oxygens (including phenoxy) is 2. The Morgan fingerprint density at radius 1 is 1.53 bits per heavy atom. The second-order valence-corrected chi connectivity index (χ2v) is 3.99. The maximum atomic E-state index is 14.1. The van der Waals surface area contributed by atoms with Crippen molar-refractivity contribution < 1.29 is 18.7 Å². The number of esters is 1.